The van der Waals surface area contributed by atoms with Gasteiger partial charge in [-0.05, 0) is 18.6 Å². The lowest BCUT2D eigenvalue weighted by atomic mass is 10.3. The number of hydrogen-bond donors (Lipinski definition) is 1. The van der Waals surface area contributed by atoms with Gasteiger partial charge in [0.15, 0.2) is 5.82 Å². The van der Waals surface area contributed by atoms with Crippen molar-refractivity contribution >= 4 is 5.97 Å². The number of nitrogens with zero attached hydrogens (tertiary/aromatic N) is 3. The van der Waals surface area contributed by atoms with Crippen LogP contribution < -0.4 is 4.74 Å². The molecule has 6 heteroatoms. The van der Waals surface area contributed by atoms with E-state index in [-0.39, 0.29) is 6.42 Å². The Hall–Kier alpha value is -2.37. The minimum atomic E-state index is -0.796. The van der Waals surface area contributed by atoms with Crippen LogP contribution in [0, 0.1) is 0 Å². The molecule has 0 aliphatic rings. The Morgan fingerprint density at radius 2 is 2.11 bits per heavy atom. The van der Waals surface area contributed by atoms with Crippen LogP contribution in [0.15, 0.2) is 36.7 Å². The van der Waals surface area contributed by atoms with E-state index in [0.29, 0.717) is 25.4 Å². The molecular weight excluding hydrogens is 246 g/mol. The van der Waals surface area contributed by atoms with Crippen LogP contribution in [-0.4, -0.2) is 25.8 Å². The van der Waals surface area contributed by atoms with Crippen molar-refractivity contribution < 1.29 is 14.6 Å². The molecule has 0 amide bonds. The molecule has 0 bridgehead atoms. The zero-order valence-corrected chi connectivity index (χ0v) is 10.4. The van der Waals surface area contributed by atoms with Gasteiger partial charge < -0.3 is 14.4 Å². The summed E-state index contributed by atoms with van der Waals surface area (Å²) in [7, 11) is 0. The predicted molar refractivity (Wildman–Crippen MR) is 67.7 cm³/mol. The molecule has 2 aromatic rings. The third-order valence-electron chi connectivity index (χ3n) is 2.60. The molecule has 0 unspecified atom stereocenters. The molecule has 0 saturated carbocycles. The van der Waals surface area contributed by atoms with E-state index in [0.717, 1.165) is 5.75 Å². The van der Waals surface area contributed by atoms with Crippen molar-refractivity contribution in [3.05, 3.63) is 42.5 Å². The summed E-state index contributed by atoms with van der Waals surface area (Å²) in [5.74, 6) is 0.659. The van der Waals surface area contributed by atoms with Crippen molar-refractivity contribution in [1.82, 2.24) is 14.8 Å². The lowest BCUT2D eigenvalue weighted by Gasteiger charge is -2.07. The van der Waals surface area contributed by atoms with Gasteiger partial charge in [-0.2, -0.15) is 0 Å². The van der Waals surface area contributed by atoms with Gasteiger partial charge in [-0.25, -0.2) is 0 Å². The number of benzene rings is 1. The molecule has 1 N–H and O–H groups in total. The molecule has 0 radical (unpaired) electrons. The molecule has 1 heterocycles. The Balaban J connectivity index is 1.87. The second-order valence-electron chi connectivity index (χ2n) is 4.04. The normalized spacial score (nSPS) is 10.3. The summed E-state index contributed by atoms with van der Waals surface area (Å²) in [5, 5.41) is 16.4. The highest BCUT2D eigenvalue weighted by atomic mass is 16.5. The quantitative estimate of drug-likeness (QED) is 0.821. The number of carboxylic acid groups (broad SMARTS) is 1. The van der Waals surface area contributed by atoms with Gasteiger partial charge in [0.05, 0.1) is 0 Å². The van der Waals surface area contributed by atoms with Crippen LogP contribution in [0.4, 0.5) is 0 Å². The number of hydrogen-bond acceptors (Lipinski definition) is 4. The van der Waals surface area contributed by atoms with Gasteiger partial charge in [0.1, 0.15) is 18.7 Å². The Labute approximate surface area is 110 Å². The zero-order chi connectivity index (χ0) is 13.5. The first-order chi connectivity index (χ1) is 9.25. The second-order valence-corrected chi connectivity index (χ2v) is 4.04. The van der Waals surface area contributed by atoms with E-state index in [9.17, 15) is 4.79 Å². The van der Waals surface area contributed by atoms with E-state index in [4.69, 9.17) is 9.84 Å². The largest absolute Gasteiger partial charge is 0.486 e. The fourth-order valence-electron chi connectivity index (χ4n) is 1.64. The lowest BCUT2D eigenvalue weighted by Crippen LogP contribution is -2.08. The molecule has 6 nitrogen and oxygen atoms in total. The van der Waals surface area contributed by atoms with Crippen LogP contribution in [0.5, 0.6) is 5.75 Å². The average Bonchev–Trinajstić information content (AvgIpc) is 2.85. The SMILES string of the molecule is O=C(O)CCCn1cnnc1COc1ccccc1. The number of aromatic nitrogens is 3. The third-order valence-corrected chi connectivity index (χ3v) is 2.60. The first-order valence-electron chi connectivity index (χ1n) is 6.02. The van der Waals surface area contributed by atoms with Gasteiger partial charge >= 0.3 is 5.97 Å². The summed E-state index contributed by atoms with van der Waals surface area (Å²) in [6.07, 6.45) is 2.27. The van der Waals surface area contributed by atoms with E-state index < -0.39 is 5.97 Å². The van der Waals surface area contributed by atoms with Gasteiger partial charge in [-0.1, -0.05) is 18.2 Å². The van der Waals surface area contributed by atoms with Crippen molar-refractivity contribution in [2.24, 2.45) is 0 Å². The fourth-order valence-corrected chi connectivity index (χ4v) is 1.64. The predicted octanol–water partition coefficient (Wildman–Crippen LogP) is 1.72. The smallest absolute Gasteiger partial charge is 0.303 e. The number of para-hydroxylation sites is 1. The van der Waals surface area contributed by atoms with Crippen molar-refractivity contribution in [3.8, 4) is 5.75 Å². The van der Waals surface area contributed by atoms with E-state index in [1.54, 1.807) is 6.33 Å². The van der Waals surface area contributed by atoms with Crippen LogP contribution in [0.3, 0.4) is 0 Å². The maximum absolute atomic E-state index is 10.5. The highest BCUT2D eigenvalue weighted by Gasteiger charge is 2.06. The Morgan fingerprint density at radius 3 is 2.84 bits per heavy atom. The standard InChI is InChI=1S/C13H15N3O3/c17-13(18)7-4-8-16-10-14-15-12(16)9-19-11-5-2-1-3-6-11/h1-3,5-6,10H,4,7-9H2,(H,17,18). The minimum Gasteiger partial charge on any atom is -0.486 e. The summed E-state index contributed by atoms with van der Waals surface area (Å²) in [6.45, 7) is 0.893. The van der Waals surface area contributed by atoms with Crippen LogP contribution in [0.2, 0.25) is 0 Å². The Bertz CT molecular complexity index is 525. The molecule has 0 aliphatic carbocycles. The molecule has 0 fully saturated rings. The van der Waals surface area contributed by atoms with Crippen molar-refractivity contribution in [3.63, 3.8) is 0 Å². The molecule has 0 aliphatic heterocycles. The molecular formula is C13H15N3O3. The summed E-state index contributed by atoms with van der Waals surface area (Å²) in [5.41, 5.74) is 0. The summed E-state index contributed by atoms with van der Waals surface area (Å²) in [6, 6.07) is 9.44. The third kappa shape index (κ3) is 4.09. The minimum absolute atomic E-state index is 0.136. The Morgan fingerprint density at radius 1 is 1.32 bits per heavy atom. The molecule has 0 spiro atoms. The highest BCUT2D eigenvalue weighted by Crippen LogP contribution is 2.10. The monoisotopic (exact) mass is 261 g/mol. The maximum atomic E-state index is 10.5. The number of carbonyl (C=O) groups is 1. The number of ether oxygens (including phenoxy) is 1. The van der Waals surface area contributed by atoms with Crippen LogP contribution in [0.25, 0.3) is 0 Å². The zero-order valence-electron chi connectivity index (χ0n) is 10.4. The molecule has 1 aromatic heterocycles. The first kappa shape index (κ1) is 13.1. The number of rotatable bonds is 7. The molecule has 0 saturated heterocycles. The lowest BCUT2D eigenvalue weighted by molar-refractivity contribution is -0.137. The van der Waals surface area contributed by atoms with Crippen molar-refractivity contribution in [2.45, 2.75) is 26.0 Å². The van der Waals surface area contributed by atoms with Crippen molar-refractivity contribution in [1.29, 1.82) is 0 Å². The van der Waals surface area contributed by atoms with Crippen LogP contribution in [-0.2, 0) is 17.9 Å². The summed E-state index contributed by atoms with van der Waals surface area (Å²) in [4.78, 5) is 10.5. The van der Waals surface area contributed by atoms with E-state index in [1.807, 2.05) is 34.9 Å². The number of carboxylic acids is 1. The van der Waals surface area contributed by atoms with E-state index in [1.165, 1.54) is 0 Å². The van der Waals surface area contributed by atoms with Crippen LogP contribution in [0.1, 0.15) is 18.7 Å². The van der Waals surface area contributed by atoms with Crippen molar-refractivity contribution in [2.75, 3.05) is 0 Å². The van der Waals surface area contributed by atoms with E-state index >= 15 is 0 Å². The topological polar surface area (TPSA) is 77.2 Å². The molecule has 2 rings (SSSR count). The van der Waals surface area contributed by atoms with Gasteiger partial charge in [-0.15, -0.1) is 10.2 Å². The number of aliphatic carboxylic acids is 1. The summed E-state index contributed by atoms with van der Waals surface area (Å²) >= 11 is 0. The van der Waals surface area contributed by atoms with Gasteiger partial charge in [0.2, 0.25) is 0 Å². The maximum Gasteiger partial charge on any atom is 0.303 e. The summed E-state index contributed by atoms with van der Waals surface area (Å²) < 4.78 is 7.39. The molecule has 1 aromatic carbocycles. The van der Waals surface area contributed by atoms with Gasteiger partial charge in [-0.3, -0.25) is 4.79 Å². The average molecular weight is 261 g/mol. The molecule has 19 heavy (non-hydrogen) atoms. The second kappa shape index (κ2) is 6.53. The molecule has 100 valence electrons. The van der Waals surface area contributed by atoms with E-state index in [2.05, 4.69) is 10.2 Å². The highest BCUT2D eigenvalue weighted by molar-refractivity contribution is 5.66. The fraction of sp³-hybridized carbons (Fsp3) is 0.308. The number of aryl methyl sites for hydroxylation is 1. The Kier molecular flexibility index (Phi) is 4.49. The van der Waals surface area contributed by atoms with Crippen LogP contribution >= 0.6 is 0 Å². The van der Waals surface area contributed by atoms with Gasteiger partial charge in [0.25, 0.3) is 0 Å². The first-order valence-corrected chi connectivity index (χ1v) is 6.02. The van der Waals surface area contributed by atoms with Gasteiger partial charge in [0, 0.05) is 13.0 Å². The molecule has 0 atom stereocenters.